The number of hydrogen-bond acceptors (Lipinski definition) is 19. The summed E-state index contributed by atoms with van der Waals surface area (Å²) in [5.74, 6) is -2.40. The number of hydrogen-bond donors (Lipinski definition) is 6. The molecule has 6 rings (SSSR count). The highest BCUT2D eigenvalue weighted by Gasteiger charge is 2.53. The van der Waals surface area contributed by atoms with Crippen molar-refractivity contribution in [3.8, 4) is 0 Å². The van der Waals surface area contributed by atoms with Gasteiger partial charge in [-0.1, -0.05) is 26.0 Å². The smallest absolute Gasteiger partial charge is 0.417 e. The third kappa shape index (κ3) is 12.9. The lowest BCUT2D eigenvalue weighted by Gasteiger charge is -2.49. The van der Waals surface area contributed by atoms with Crippen LogP contribution < -0.4 is 4.90 Å². The number of H-pyrrole nitrogens is 1. The lowest BCUT2D eigenvalue weighted by Crippen LogP contribution is -2.61. The maximum Gasteiger partial charge on any atom is 0.417 e. The van der Waals surface area contributed by atoms with Gasteiger partial charge in [0.1, 0.15) is 36.1 Å². The van der Waals surface area contributed by atoms with Gasteiger partial charge in [-0.15, -0.1) is 5.10 Å². The van der Waals surface area contributed by atoms with Crippen LogP contribution in [0.5, 0.6) is 0 Å². The van der Waals surface area contributed by atoms with Crippen LogP contribution in [0, 0.1) is 24.7 Å². The fourth-order valence-electron chi connectivity index (χ4n) is 11.2. The number of nitrogens with one attached hydrogen (secondary N) is 1. The molecule has 0 spiro atoms. The molecule has 0 bridgehead atoms. The highest BCUT2D eigenvalue weighted by molar-refractivity contribution is 5.87. The zero-order valence-corrected chi connectivity index (χ0v) is 44.3. The van der Waals surface area contributed by atoms with Crippen molar-refractivity contribution < 1.29 is 68.3 Å². The average molecular weight is 1010 g/mol. The quantitative estimate of drug-likeness (QED) is 0.157. The number of amides is 1. The Hall–Kier alpha value is -3.39. The van der Waals surface area contributed by atoms with Crippen molar-refractivity contribution >= 4 is 18.0 Å². The van der Waals surface area contributed by atoms with E-state index in [4.69, 9.17) is 33.2 Å². The van der Waals surface area contributed by atoms with E-state index in [-0.39, 0.29) is 31.3 Å². The second-order valence-corrected chi connectivity index (χ2v) is 21.9. The first-order chi connectivity index (χ1) is 33.2. The Balaban J connectivity index is 1.24. The van der Waals surface area contributed by atoms with E-state index >= 15 is 0 Å². The van der Waals surface area contributed by atoms with Crippen molar-refractivity contribution in [3.05, 3.63) is 23.8 Å². The Labute approximate surface area is 418 Å². The third-order valence-corrected chi connectivity index (χ3v) is 15.6. The van der Waals surface area contributed by atoms with Gasteiger partial charge in [0.15, 0.2) is 12.6 Å². The number of imidazole rings is 1. The zero-order valence-electron chi connectivity index (χ0n) is 44.3. The van der Waals surface area contributed by atoms with Crippen LogP contribution in [0.15, 0.2) is 12.4 Å². The Morgan fingerprint density at radius 3 is 2.32 bits per heavy atom. The molecular formula is C49H84N8O14. The minimum atomic E-state index is -1.84. The first-order valence-corrected chi connectivity index (χ1v) is 25.3. The number of carbonyl (C=O) groups excluding carboxylic acids is 2. The average Bonchev–Trinajstić information content (AvgIpc) is 4.05. The van der Waals surface area contributed by atoms with Gasteiger partial charge < -0.3 is 73.5 Å². The molecule has 4 fully saturated rings. The van der Waals surface area contributed by atoms with E-state index in [1.807, 2.05) is 50.9 Å². The van der Waals surface area contributed by atoms with Gasteiger partial charge in [-0.3, -0.25) is 4.79 Å². The number of aryl methyl sites for hydroxylation is 1. The van der Waals surface area contributed by atoms with Gasteiger partial charge in [-0.2, -0.15) is 0 Å². The fourth-order valence-corrected chi connectivity index (χ4v) is 11.2. The van der Waals surface area contributed by atoms with E-state index < -0.39 is 114 Å². The Morgan fingerprint density at radius 2 is 1.68 bits per heavy atom. The standard InChI is InChI=1S/C49H84N8O14/c1-15-36-49(11,64)40(59)31(7)55(13)22-26(2)19-47(9,63)42(29(5)39(30(6)43(61)69-36)70-37-20-48(10,65-14)41(60)32(8)67-37)71-44-38(58)35(18-28(4)66-44)54(12)17-16-33-23-56(53-52-33)24-34-25-57(46(62)68-34)45-50-21-27(3)51-45/h21,23,26,28-32,34-42,44,58-60,63-64H,15-20,22,24-25H2,1-14H3,(H,50,51)/t26-,28-,29+,30-,31-,32+,34+,35+,36-,37+,38-,39+,40-,41+,42-,44+,47-,48-,49-/m1/s1. The van der Waals surface area contributed by atoms with Crippen molar-refractivity contribution in [2.45, 2.75) is 211 Å². The van der Waals surface area contributed by atoms with Gasteiger partial charge in [0.05, 0.1) is 60.3 Å². The summed E-state index contributed by atoms with van der Waals surface area (Å²) in [6, 6.07) is -1.03. The summed E-state index contributed by atoms with van der Waals surface area (Å²) in [5, 5.41) is 68.3. The number of aliphatic hydroxyl groups excluding tert-OH is 3. The number of cyclic esters (lactones) is 2. The minimum Gasteiger partial charge on any atom is -0.459 e. The molecule has 22 heteroatoms. The molecule has 71 heavy (non-hydrogen) atoms. The maximum absolute atomic E-state index is 14.5. The molecule has 2 aromatic rings. The van der Waals surface area contributed by atoms with E-state index in [1.54, 1.807) is 59.3 Å². The Morgan fingerprint density at radius 1 is 0.972 bits per heavy atom. The first-order valence-electron chi connectivity index (χ1n) is 25.3. The van der Waals surface area contributed by atoms with Crippen molar-refractivity contribution in [2.24, 2.45) is 17.8 Å². The third-order valence-electron chi connectivity index (χ3n) is 15.6. The number of esters is 1. The van der Waals surface area contributed by atoms with Gasteiger partial charge in [0.25, 0.3) is 0 Å². The molecule has 4 saturated heterocycles. The predicted molar refractivity (Wildman–Crippen MR) is 258 cm³/mol. The van der Waals surface area contributed by atoms with Gasteiger partial charge in [-0.25, -0.2) is 19.4 Å². The van der Waals surface area contributed by atoms with Crippen LogP contribution in [0.4, 0.5) is 10.7 Å². The van der Waals surface area contributed by atoms with Gasteiger partial charge in [0, 0.05) is 69.1 Å². The number of methoxy groups -OCH3 is 1. The summed E-state index contributed by atoms with van der Waals surface area (Å²) in [5.41, 5.74) is -3.03. The van der Waals surface area contributed by atoms with Crippen LogP contribution in [0.2, 0.25) is 0 Å². The topological polar surface area (TPSA) is 269 Å². The van der Waals surface area contributed by atoms with Crippen LogP contribution in [0.3, 0.4) is 0 Å². The largest absolute Gasteiger partial charge is 0.459 e. The summed E-state index contributed by atoms with van der Waals surface area (Å²) in [6.45, 7) is 20.8. The van der Waals surface area contributed by atoms with Crippen LogP contribution in [-0.4, -0.2) is 210 Å². The normalized spacial score (nSPS) is 41.7. The maximum atomic E-state index is 14.5. The van der Waals surface area contributed by atoms with Crippen LogP contribution in [0.25, 0.3) is 0 Å². The molecule has 0 saturated carbocycles. The highest BCUT2D eigenvalue weighted by Crippen LogP contribution is 2.40. The number of likely N-dealkylation sites (N-methyl/N-ethyl adjacent to an activating group) is 2. The van der Waals surface area contributed by atoms with Crippen molar-refractivity contribution in [2.75, 3.05) is 45.7 Å². The molecule has 6 heterocycles. The summed E-state index contributed by atoms with van der Waals surface area (Å²) in [7, 11) is 5.24. The molecular weight excluding hydrogens is 925 g/mol. The summed E-state index contributed by atoms with van der Waals surface area (Å²) < 4.78 is 45.5. The van der Waals surface area contributed by atoms with E-state index in [9.17, 15) is 35.1 Å². The first kappa shape index (κ1) is 56.9. The van der Waals surface area contributed by atoms with E-state index in [2.05, 4.69) is 20.3 Å². The molecule has 22 nitrogen and oxygen atoms in total. The van der Waals surface area contributed by atoms with E-state index in [0.717, 1.165) is 5.69 Å². The number of aromatic nitrogens is 5. The summed E-state index contributed by atoms with van der Waals surface area (Å²) >= 11 is 0. The van der Waals surface area contributed by atoms with E-state index in [1.165, 1.54) is 18.9 Å². The van der Waals surface area contributed by atoms with Crippen molar-refractivity contribution in [1.29, 1.82) is 0 Å². The molecule has 4 aliphatic heterocycles. The molecule has 19 atom stereocenters. The minimum absolute atomic E-state index is 0.0922. The number of rotatable bonds is 13. The van der Waals surface area contributed by atoms with E-state index in [0.29, 0.717) is 50.7 Å². The number of anilines is 1. The molecule has 2 aromatic heterocycles. The highest BCUT2D eigenvalue weighted by atomic mass is 16.7. The molecule has 0 unspecified atom stereocenters. The zero-order chi connectivity index (χ0) is 52.5. The van der Waals surface area contributed by atoms with Crippen LogP contribution >= 0.6 is 0 Å². The predicted octanol–water partition coefficient (Wildman–Crippen LogP) is 2.16. The molecule has 404 valence electrons. The Kier molecular flexibility index (Phi) is 18.4. The van der Waals surface area contributed by atoms with Gasteiger partial charge in [0.2, 0.25) is 5.95 Å². The van der Waals surface area contributed by atoms with Gasteiger partial charge >= 0.3 is 12.1 Å². The van der Waals surface area contributed by atoms with Crippen LogP contribution in [-0.2, 0) is 50.9 Å². The molecule has 6 N–H and O–H groups in total. The SMILES string of the molecule is CC[C@H]1OC(=O)[C@H](C)[C@@H](O[C@H]2C[C@@](C)(OC)[C@@H](O)[C@H](C)O2)[C@H](C)[C@@H](O[C@@H]2O[C@H](C)C[C@H](N(C)CCc3cn(C[C@H]4CN(c5ncc(C)[nH]5)C(=O)O4)nn3)[C@H]2O)[C@](C)(O)C[C@@H](C)CN(C)[C@H](C)[C@@H](O)[C@]1(C)O. The molecule has 0 radical (unpaired) electrons. The number of carbonyl (C=O) groups is 2. The lowest BCUT2D eigenvalue weighted by molar-refractivity contribution is -0.318. The number of ether oxygens (including phenoxy) is 7. The second kappa shape index (κ2) is 23.0. The Bertz CT molecular complexity index is 2060. The fraction of sp³-hybridized carbons (Fsp3) is 0.857. The van der Waals surface area contributed by atoms with Crippen molar-refractivity contribution in [3.63, 3.8) is 0 Å². The van der Waals surface area contributed by atoms with Crippen LogP contribution in [0.1, 0.15) is 106 Å². The summed E-state index contributed by atoms with van der Waals surface area (Å²) in [6.07, 6.45) is -6.25. The van der Waals surface area contributed by atoms with Crippen molar-refractivity contribution in [1.82, 2.24) is 34.8 Å². The lowest BCUT2D eigenvalue weighted by atomic mass is 9.77. The number of aromatic amines is 1. The molecule has 4 aliphatic rings. The molecule has 0 aromatic carbocycles. The summed E-state index contributed by atoms with van der Waals surface area (Å²) in [4.78, 5) is 39.8. The number of aliphatic hydroxyl groups is 5. The molecule has 0 aliphatic carbocycles. The monoisotopic (exact) mass is 1010 g/mol. The number of nitrogens with zero attached hydrogens (tertiary/aromatic N) is 7. The molecule has 1 amide bonds. The second-order valence-electron chi connectivity index (χ2n) is 21.9. The van der Waals surface area contributed by atoms with Gasteiger partial charge in [-0.05, 0) is 94.7 Å².